The molecule has 2 rings (SSSR count). The minimum Gasteiger partial charge on any atom is -0.472 e. The van der Waals surface area contributed by atoms with Crippen LogP contribution in [-0.4, -0.2) is 20.4 Å². The molecule has 0 radical (unpaired) electrons. The van der Waals surface area contributed by atoms with Crippen molar-refractivity contribution < 1.29 is 17.8 Å². The van der Waals surface area contributed by atoms with Gasteiger partial charge >= 0.3 is 0 Å². The number of nitro groups is 1. The topological polar surface area (TPSA) is 114 Å². The molecular weight excluding hydrogens is 298 g/mol. The molecule has 8 nitrogen and oxygen atoms in total. The van der Waals surface area contributed by atoms with Crippen LogP contribution in [0.4, 0.5) is 11.4 Å². The lowest BCUT2D eigenvalue weighted by Crippen LogP contribution is -2.24. The maximum absolute atomic E-state index is 12.2. The van der Waals surface area contributed by atoms with Crippen molar-refractivity contribution in [3.8, 4) is 0 Å². The molecule has 0 fully saturated rings. The number of nitrogens with one attached hydrogen (secondary N) is 2. The summed E-state index contributed by atoms with van der Waals surface area (Å²) in [5.74, 6) is 0. The van der Waals surface area contributed by atoms with Crippen LogP contribution in [0.15, 0.2) is 46.1 Å². The second-order valence-electron chi connectivity index (χ2n) is 4.14. The van der Waals surface area contributed by atoms with Crippen LogP contribution < -0.4 is 10.0 Å². The van der Waals surface area contributed by atoms with E-state index < -0.39 is 14.9 Å². The molecule has 0 aliphatic heterocycles. The van der Waals surface area contributed by atoms with Crippen LogP contribution in [0.3, 0.4) is 0 Å². The van der Waals surface area contributed by atoms with E-state index >= 15 is 0 Å². The first kappa shape index (κ1) is 15.0. The second kappa shape index (κ2) is 5.94. The van der Waals surface area contributed by atoms with E-state index in [0.29, 0.717) is 5.56 Å². The summed E-state index contributed by atoms with van der Waals surface area (Å²) in [4.78, 5) is 10.1. The summed E-state index contributed by atoms with van der Waals surface area (Å²) in [6.45, 7) is 0.0684. The van der Waals surface area contributed by atoms with E-state index in [9.17, 15) is 18.5 Å². The molecular formula is C12H13N3O5S. The van der Waals surface area contributed by atoms with E-state index in [1.807, 2.05) is 0 Å². The van der Waals surface area contributed by atoms with E-state index in [2.05, 4.69) is 10.0 Å². The van der Waals surface area contributed by atoms with Gasteiger partial charge < -0.3 is 9.73 Å². The van der Waals surface area contributed by atoms with Gasteiger partial charge in [-0.3, -0.25) is 10.1 Å². The van der Waals surface area contributed by atoms with Crippen molar-refractivity contribution in [2.24, 2.45) is 0 Å². The van der Waals surface area contributed by atoms with Gasteiger partial charge in [-0.2, -0.15) is 0 Å². The summed E-state index contributed by atoms with van der Waals surface area (Å²) >= 11 is 0. The van der Waals surface area contributed by atoms with Crippen molar-refractivity contribution in [2.45, 2.75) is 11.4 Å². The van der Waals surface area contributed by atoms with Crippen molar-refractivity contribution in [1.29, 1.82) is 0 Å². The van der Waals surface area contributed by atoms with Crippen LogP contribution in [0.25, 0.3) is 0 Å². The maximum Gasteiger partial charge on any atom is 0.271 e. The fraction of sp³-hybridized carbons (Fsp3) is 0.167. The average Bonchev–Trinajstić information content (AvgIpc) is 2.97. The molecule has 0 amide bonds. The Hall–Kier alpha value is -2.39. The molecule has 2 N–H and O–H groups in total. The van der Waals surface area contributed by atoms with Crippen LogP contribution in [-0.2, 0) is 16.6 Å². The third-order valence-corrected chi connectivity index (χ3v) is 4.24. The maximum atomic E-state index is 12.2. The number of nitro benzene ring substituents is 1. The number of anilines is 1. The molecule has 0 bridgehead atoms. The second-order valence-corrected chi connectivity index (χ2v) is 5.88. The predicted molar refractivity (Wildman–Crippen MR) is 75.4 cm³/mol. The van der Waals surface area contributed by atoms with Gasteiger partial charge in [0.1, 0.15) is 4.90 Å². The molecule has 0 unspecified atom stereocenters. The van der Waals surface area contributed by atoms with Crippen LogP contribution in [0.2, 0.25) is 0 Å². The quantitative estimate of drug-likeness (QED) is 0.620. The lowest BCUT2D eigenvalue weighted by molar-refractivity contribution is -0.384. The van der Waals surface area contributed by atoms with Gasteiger partial charge in [0.15, 0.2) is 0 Å². The molecule has 0 atom stereocenters. The fourth-order valence-electron chi connectivity index (χ4n) is 1.71. The summed E-state index contributed by atoms with van der Waals surface area (Å²) in [7, 11) is -2.30. The Morgan fingerprint density at radius 1 is 1.33 bits per heavy atom. The Labute approximate surface area is 121 Å². The van der Waals surface area contributed by atoms with Crippen molar-refractivity contribution in [2.75, 3.05) is 12.4 Å². The van der Waals surface area contributed by atoms with Gasteiger partial charge in [-0.25, -0.2) is 13.1 Å². The molecule has 0 aliphatic carbocycles. The van der Waals surface area contributed by atoms with Crippen LogP contribution >= 0.6 is 0 Å². The Morgan fingerprint density at radius 3 is 2.67 bits per heavy atom. The van der Waals surface area contributed by atoms with Gasteiger partial charge in [0, 0.05) is 31.3 Å². The Morgan fingerprint density at radius 2 is 2.10 bits per heavy atom. The lowest BCUT2D eigenvalue weighted by atomic mass is 10.3. The highest BCUT2D eigenvalue weighted by Gasteiger charge is 2.20. The van der Waals surface area contributed by atoms with Gasteiger partial charge in [0.2, 0.25) is 10.0 Å². The zero-order valence-electron chi connectivity index (χ0n) is 11.1. The smallest absolute Gasteiger partial charge is 0.271 e. The van der Waals surface area contributed by atoms with Crippen molar-refractivity contribution in [3.63, 3.8) is 0 Å². The van der Waals surface area contributed by atoms with Crippen LogP contribution in [0.5, 0.6) is 0 Å². The zero-order chi connectivity index (χ0) is 15.5. The van der Waals surface area contributed by atoms with Crippen LogP contribution in [0, 0.1) is 10.1 Å². The zero-order valence-corrected chi connectivity index (χ0v) is 11.9. The average molecular weight is 311 g/mol. The molecule has 0 saturated carbocycles. The minimum absolute atomic E-state index is 0.0564. The van der Waals surface area contributed by atoms with E-state index in [4.69, 9.17) is 4.42 Å². The van der Waals surface area contributed by atoms with Crippen molar-refractivity contribution >= 4 is 21.4 Å². The van der Waals surface area contributed by atoms with E-state index in [0.717, 1.165) is 6.07 Å². The monoisotopic (exact) mass is 311 g/mol. The van der Waals surface area contributed by atoms with Gasteiger partial charge in [-0.05, 0) is 12.1 Å². The number of hydrogen-bond donors (Lipinski definition) is 2. The number of rotatable bonds is 6. The molecule has 0 spiro atoms. The number of sulfonamides is 1. The number of nitrogens with zero attached hydrogens (tertiary/aromatic N) is 1. The van der Waals surface area contributed by atoms with Crippen molar-refractivity contribution in [3.05, 3.63) is 52.5 Å². The van der Waals surface area contributed by atoms with Gasteiger partial charge in [-0.1, -0.05) is 0 Å². The molecule has 9 heteroatoms. The number of benzene rings is 1. The summed E-state index contributed by atoms with van der Waals surface area (Å²) in [5.41, 5.74) is 0.642. The van der Waals surface area contributed by atoms with E-state index in [1.54, 1.807) is 6.07 Å². The van der Waals surface area contributed by atoms with Gasteiger partial charge in [0.25, 0.3) is 5.69 Å². The third kappa shape index (κ3) is 3.38. The van der Waals surface area contributed by atoms with Crippen LogP contribution in [0.1, 0.15) is 5.56 Å². The van der Waals surface area contributed by atoms with E-state index in [1.165, 1.54) is 31.7 Å². The highest BCUT2D eigenvalue weighted by Crippen LogP contribution is 2.26. The first-order valence-electron chi connectivity index (χ1n) is 5.91. The Balaban J connectivity index is 2.28. The van der Waals surface area contributed by atoms with Gasteiger partial charge in [0.05, 0.1) is 23.1 Å². The SMILES string of the molecule is CNc1cc([N+](=O)[O-])ccc1S(=O)(=O)NCc1ccoc1. The molecule has 0 aliphatic rings. The first-order valence-corrected chi connectivity index (χ1v) is 7.39. The van der Waals surface area contributed by atoms with E-state index in [-0.39, 0.29) is 22.8 Å². The first-order chi connectivity index (χ1) is 9.94. The molecule has 1 heterocycles. The number of non-ortho nitro benzene ring substituents is 1. The predicted octanol–water partition coefficient (Wildman–Crippen LogP) is 1.71. The van der Waals surface area contributed by atoms with Gasteiger partial charge in [-0.15, -0.1) is 0 Å². The summed E-state index contributed by atoms with van der Waals surface area (Å²) in [6.07, 6.45) is 2.87. The Bertz CT molecular complexity index is 740. The fourth-order valence-corrected chi connectivity index (χ4v) is 2.92. The summed E-state index contributed by atoms with van der Waals surface area (Å²) in [5, 5.41) is 13.4. The van der Waals surface area contributed by atoms with Crippen molar-refractivity contribution in [1.82, 2.24) is 4.72 Å². The normalized spacial score (nSPS) is 11.3. The number of hydrogen-bond acceptors (Lipinski definition) is 6. The molecule has 21 heavy (non-hydrogen) atoms. The molecule has 0 saturated heterocycles. The molecule has 1 aromatic heterocycles. The standard InChI is InChI=1S/C12H13N3O5S/c1-13-11-6-10(15(16)17)2-3-12(11)21(18,19)14-7-9-4-5-20-8-9/h2-6,8,13-14H,7H2,1H3. The molecule has 2 aromatic rings. The minimum atomic E-state index is -3.80. The third-order valence-electron chi connectivity index (χ3n) is 2.78. The largest absolute Gasteiger partial charge is 0.472 e. The Kier molecular flexibility index (Phi) is 4.24. The number of furan rings is 1. The molecule has 1 aromatic carbocycles. The highest BCUT2D eigenvalue weighted by atomic mass is 32.2. The summed E-state index contributed by atoms with van der Waals surface area (Å²) < 4.78 is 31.7. The highest BCUT2D eigenvalue weighted by molar-refractivity contribution is 7.89. The lowest BCUT2D eigenvalue weighted by Gasteiger charge is -2.10. The molecule has 112 valence electrons. The summed E-state index contributed by atoms with van der Waals surface area (Å²) in [6, 6.07) is 5.15.